The van der Waals surface area contributed by atoms with E-state index in [1.165, 1.54) is 24.8 Å². The van der Waals surface area contributed by atoms with Crippen LogP contribution in [0.1, 0.15) is 27.8 Å². The molecule has 0 radical (unpaired) electrons. The largest absolute Gasteiger partial charge is 0.489 e. The van der Waals surface area contributed by atoms with Gasteiger partial charge in [0.25, 0.3) is 0 Å². The predicted molar refractivity (Wildman–Crippen MR) is 198 cm³/mol. The maximum Gasteiger partial charge on any atom is 0.408 e. The van der Waals surface area contributed by atoms with Crippen LogP contribution in [-0.4, -0.2) is 31.9 Å². The van der Waals surface area contributed by atoms with Gasteiger partial charge in [-0.1, -0.05) is 90.6 Å². The Hall–Kier alpha value is -5.67. The highest BCUT2D eigenvalue weighted by molar-refractivity contribution is 14.1. The minimum absolute atomic E-state index is 0.421. The Bertz CT molecular complexity index is 2110. The Kier molecular flexibility index (Phi) is 15.0. The van der Waals surface area contributed by atoms with Crippen molar-refractivity contribution in [2.45, 2.75) is 38.7 Å². The molecule has 0 spiro atoms. The second-order valence-corrected chi connectivity index (χ2v) is 12.3. The van der Waals surface area contributed by atoms with E-state index in [2.05, 4.69) is 28.0 Å². The number of halogens is 7. The molecular formula is C40H31F6IN4O2. The summed E-state index contributed by atoms with van der Waals surface area (Å²) in [5.41, 5.74) is 4.17. The van der Waals surface area contributed by atoms with Gasteiger partial charge in [-0.2, -0.15) is 36.5 Å². The van der Waals surface area contributed by atoms with Crippen molar-refractivity contribution in [1.82, 2.24) is 19.6 Å². The zero-order valence-corrected chi connectivity index (χ0v) is 30.0. The van der Waals surface area contributed by atoms with Crippen LogP contribution in [-0.2, 0) is 26.3 Å². The van der Waals surface area contributed by atoms with Crippen LogP contribution in [0.5, 0.6) is 11.5 Å². The number of terminal acetylenes is 1. The SMILES string of the molecule is C#Cc1cccc(OCc2ccccc2)c1.FC(F)(F)Cn1cc(C#Cc2cccc(OCc3ccccc3)c2)cn1.FC(F)(F)Cn1cc(I)cn1. The third kappa shape index (κ3) is 16.0. The van der Waals surface area contributed by atoms with E-state index in [1.807, 2.05) is 126 Å². The molecule has 272 valence electrons. The molecule has 4 aromatic carbocycles. The zero-order chi connectivity index (χ0) is 38.1. The first-order valence-corrected chi connectivity index (χ1v) is 16.8. The third-order valence-electron chi connectivity index (χ3n) is 6.60. The molecule has 0 aliphatic heterocycles. The number of rotatable bonds is 8. The summed E-state index contributed by atoms with van der Waals surface area (Å²) in [6.07, 6.45) is 2.14. The molecule has 0 amide bonds. The fourth-order valence-electron chi connectivity index (χ4n) is 4.27. The van der Waals surface area contributed by atoms with Crippen molar-refractivity contribution in [2.75, 3.05) is 0 Å². The lowest BCUT2D eigenvalue weighted by Crippen LogP contribution is -2.17. The molecule has 53 heavy (non-hydrogen) atoms. The lowest BCUT2D eigenvalue weighted by molar-refractivity contribution is -0.143. The van der Waals surface area contributed by atoms with Crippen molar-refractivity contribution >= 4 is 22.6 Å². The smallest absolute Gasteiger partial charge is 0.408 e. The lowest BCUT2D eigenvalue weighted by Gasteiger charge is -2.06. The topological polar surface area (TPSA) is 54.1 Å². The van der Waals surface area contributed by atoms with Crippen LogP contribution in [0.4, 0.5) is 26.3 Å². The summed E-state index contributed by atoms with van der Waals surface area (Å²) in [5.74, 6) is 9.79. The summed E-state index contributed by atoms with van der Waals surface area (Å²) in [4.78, 5) is 0. The van der Waals surface area contributed by atoms with Crippen molar-refractivity contribution in [3.63, 3.8) is 0 Å². The van der Waals surface area contributed by atoms with Crippen LogP contribution in [0.3, 0.4) is 0 Å². The van der Waals surface area contributed by atoms with Crippen molar-refractivity contribution in [1.29, 1.82) is 0 Å². The Morgan fingerprint density at radius 3 is 1.55 bits per heavy atom. The molecule has 6 nitrogen and oxygen atoms in total. The van der Waals surface area contributed by atoms with E-state index in [9.17, 15) is 26.3 Å². The molecule has 2 aromatic heterocycles. The minimum Gasteiger partial charge on any atom is -0.489 e. The van der Waals surface area contributed by atoms with Gasteiger partial charge in [0.15, 0.2) is 0 Å². The first-order valence-electron chi connectivity index (χ1n) is 15.7. The molecular weight excluding hydrogens is 809 g/mol. The molecule has 6 aromatic rings. The van der Waals surface area contributed by atoms with Crippen molar-refractivity contribution in [3.8, 4) is 35.7 Å². The maximum absolute atomic E-state index is 12.3. The highest BCUT2D eigenvalue weighted by Gasteiger charge is 2.29. The van der Waals surface area contributed by atoms with Gasteiger partial charge in [-0.25, -0.2) is 0 Å². The van der Waals surface area contributed by atoms with Crippen LogP contribution in [0, 0.1) is 27.8 Å². The number of nitrogens with zero attached hydrogens (tertiary/aromatic N) is 4. The molecule has 0 N–H and O–H groups in total. The number of benzene rings is 4. The van der Waals surface area contributed by atoms with E-state index in [0.717, 1.165) is 31.8 Å². The van der Waals surface area contributed by atoms with Gasteiger partial charge in [0.1, 0.15) is 37.8 Å². The van der Waals surface area contributed by atoms with Crippen LogP contribution >= 0.6 is 22.6 Å². The quantitative estimate of drug-likeness (QED) is 0.0871. The molecule has 2 heterocycles. The molecule has 0 aliphatic rings. The lowest BCUT2D eigenvalue weighted by atomic mass is 10.2. The van der Waals surface area contributed by atoms with E-state index in [0.29, 0.717) is 33.7 Å². The van der Waals surface area contributed by atoms with Crippen LogP contribution in [0.2, 0.25) is 0 Å². The van der Waals surface area contributed by atoms with Gasteiger partial charge in [0.2, 0.25) is 0 Å². The first-order chi connectivity index (χ1) is 25.3. The van der Waals surface area contributed by atoms with Gasteiger partial charge in [0, 0.05) is 23.5 Å². The van der Waals surface area contributed by atoms with Crippen molar-refractivity contribution in [2.24, 2.45) is 0 Å². The van der Waals surface area contributed by atoms with Crippen molar-refractivity contribution in [3.05, 3.63) is 165 Å². The Labute approximate surface area is 316 Å². The Balaban J connectivity index is 0.000000197. The molecule has 0 aliphatic carbocycles. The molecule has 0 saturated heterocycles. The van der Waals surface area contributed by atoms with E-state index in [-0.39, 0.29) is 0 Å². The summed E-state index contributed by atoms with van der Waals surface area (Å²) in [6, 6.07) is 34.6. The fourth-order valence-corrected chi connectivity index (χ4v) is 4.72. The monoisotopic (exact) mass is 840 g/mol. The van der Waals surface area contributed by atoms with Gasteiger partial charge in [-0.05, 0) is 70.1 Å². The summed E-state index contributed by atoms with van der Waals surface area (Å²) < 4.78 is 85.8. The van der Waals surface area contributed by atoms with E-state index in [1.54, 1.807) is 6.07 Å². The van der Waals surface area contributed by atoms with E-state index < -0.39 is 25.4 Å². The average molecular weight is 841 g/mol. The van der Waals surface area contributed by atoms with Gasteiger partial charge in [-0.15, -0.1) is 6.42 Å². The fraction of sp³-hybridized carbons (Fsp3) is 0.150. The Morgan fingerprint density at radius 2 is 1.06 bits per heavy atom. The van der Waals surface area contributed by atoms with Gasteiger partial charge >= 0.3 is 12.4 Å². The molecule has 0 unspecified atom stereocenters. The molecule has 0 fully saturated rings. The first kappa shape index (κ1) is 40.1. The van der Waals surface area contributed by atoms with E-state index >= 15 is 0 Å². The maximum atomic E-state index is 12.3. The van der Waals surface area contributed by atoms with Crippen LogP contribution in [0.15, 0.2) is 134 Å². The highest BCUT2D eigenvalue weighted by atomic mass is 127. The highest BCUT2D eigenvalue weighted by Crippen LogP contribution is 2.19. The summed E-state index contributed by atoms with van der Waals surface area (Å²) in [7, 11) is 0. The molecule has 0 bridgehead atoms. The van der Waals surface area contributed by atoms with Gasteiger partial charge < -0.3 is 9.47 Å². The normalized spacial score (nSPS) is 10.7. The predicted octanol–water partition coefficient (Wildman–Crippen LogP) is 9.72. The number of aromatic nitrogens is 4. The molecule has 13 heteroatoms. The minimum atomic E-state index is -4.30. The van der Waals surface area contributed by atoms with Gasteiger partial charge in [0.05, 0.1) is 21.5 Å². The summed E-state index contributed by atoms with van der Waals surface area (Å²) >= 11 is 1.90. The molecule has 6 rings (SSSR count). The summed E-state index contributed by atoms with van der Waals surface area (Å²) in [5, 5.41) is 7.15. The number of ether oxygens (including phenoxy) is 2. The number of alkyl halides is 6. The average Bonchev–Trinajstić information content (AvgIpc) is 3.76. The second kappa shape index (κ2) is 19.8. The zero-order valence-electron chi connectivity index (χ0n) is 27.9. The molecule has 0 atom stereocenters. The van der Waals surface area contributed by atoms with Gasteiger partial charge in [-0.3, -0.25) is 9.36 Å². The second-order valence-electron chi connectivity index (χ2n) is 11.0. The number of hydrogen-bond donors (Lipinski definition) is 0. The Morgan fingerprint density at radius 1 is 0.585 bits per heavy atom. The number of hydrogen-bond acceptors (Lipinski definition) is 4. The summed E-state index contributed by atoms with van der Waals surface area (Å²) in [6.45, 7) is -1.13. The van der Waals surface area contributed by atoms with Crippen molar-refractivity contribution < 1.29 is 35.8 Å². The molecule has 0 saturated carbocycles. The van der Waals surface area contributed by atoms with Crippen LogP contribution in [0.25, 0.3) is 0 Å². The third-order valence-corrected chi connectivity index (χ3v) is 7.16. The standard InChI is InChI=1S/C20H15F3N2O.C15H12O.C5H4F3IN2/c21-20(22,23)15-25-13-18(12-24-25)10-9-16-7-4-8-19(11-16)26-14-17-5-2-1-3-6-17;1-2-13-9-6-10-15(11-13)16-12-14-7-4-3-5-8-14;6-5(7,8)3-11-2-4(9)1-10-11/h1-8,11-13H,14-15H2;1,3-11H,12H2;1-2H,3H2. The van der Waals surface area contributed by atoms with E-state index in [4.69, 9.17) is 15.9 Å². The van der Waals surface area contributed by atoms with Crippen LogP contribution < -0.4 is 9.47 Å².